The van der Waals surface area contributed by atoms with E-state index < -0.39 is 5.97 Å². The van der Waals surface area contributed by atoms with E-state index in [1.807, 2.05) is 12.1 Å². The zero-order valence-corrected chi connectivity index (χ0v) is 20.1. The summed E-state index contributed by atoms with van der Waals surface area (Å²) < 4.78 is 0. The number of benzene rings is 2. The van der Waals surface area contributed by atoms with Crippen LogP contribution in [0.1, 0.15) is 54.1 Å². The lowest BCUT2D eigenvalue weighted by atomic mass is 9.80. The molecular formula is C26H34Cl2N2O2. The van der Waals surface area contributed by atoms with Crippen LogP contribution in [0.5, 0.6) is 0 Å². The van der Waals surface area contributed by atoms with Crippen molar-refractivity contribution in [1.82, 2.24) is 10.6 Å². The van der Waals surface area contributed by atoms with Gasteiger partial charge in [0.2, 0.25) is 0 Å². The molecule has 2 atom stereocenters. The molecule has 0 heterocycles. The SMILES string of the molecule is CC/C(=C\c1ccccc1)C1CC1NCC1CC(NCc2ccc(C(=O)O)cc2)C1.Cl.Cl. The molecule has 4 rings (SSSR count). The smallest absolute Gasteiger partial charge is 0.335 e. The summed E-state index contributed by atoms with van der Waals surface area (Å²) in [5, 5.41) is 16.4. The summed E-state index contributed by atoms with van der Waals surface area (Å²) in [7, 11) is 0. The summed E-state index contributed by atoms with van der Waals surface area (Å²) >= 11 is 0. The minimum Gasteiger partial charge on any atom is -0.478 e. The van der Waals surface area contributed by atoms with E-state index in [1.54, 1.807) is 17.7 Å². The number of carboxylic acids is 1. The second-order valence-corrected chi connectivity index (χ2v) is 8.76. The fraction of sp³-hybridized carbons (Fsp3) is 0.423. The summed E-state index contributed by atoms with van der Waals surface area (Å²) in [6, 6.07) is 19.0. The van der Waals surface area contributed by atoms with Gasteiger partial charge in [-0.1, -0.05) is 61.0 Å². The zero-order chi connectivity index (χ0) is 20.9. The number of rotatable bonds is 10. The van der Waals surface area contributed by atoms with Crippen LogP contribution in [-0.2, 0) is 6.54 Å². The van der Waals surface area contributed by atoms with Crippen LogP contribution in [0.4, 0.5) is 0 Å². The third-order valence-electron chi connectivity index (χ3n) is 6.53. The highest BCUT2D eigenvalue weighted by molar-refractivity contribution is 5.87. The molecule has 0 aromatic heterocycles. The molecule has 6 heteroatoms. The number of hydrogen-bond donors (Lipinski definition) is 3. The van der Waals surface area contributed by atoms with Crippen LogP contribution in [-0.4, -0.2) is 29.7 Å². The molecule has 0 bridgehead atoms. The van der Waals surface area contributed by atoms with Gasteiger partial charge >= 0.3 is 5.97 Å². The van der Waals surface area contributed by atoms with Crippen LogP contribution < -0.4 is 10.6 Å². The van der Waals surface area contributed by atoms with Crippen molar-refractivity contribution in [2.75, 3.05) is 6.54 Å². The Morgan fingerprint density at radius 1 is 1.00 bits per heavy atom. The number of nitrogens with one attached hydrogen (secondary N) is 2. The van der Waals surface area contributed by atoms with Gasteiger partial charge in [0, 0.05) is 18.6 Å². The Bertz CT molecular complexity index is 880. The fourth-order valence-corrected chi connectivity index (χ4v) is 4.48. The third kappa shape index (κ3) is 7.08. The van der Waals surface area contributed by atoms with E-state index in [0.29, 0.717) is 23.6 Å². The molecule has 32 heavy (non-hydrogen) atoms. The molecule has 4 nitrogen and oxygen atoms in total. The predicted molar refractivity (Wildman–Crippen MR) is 136 cm³/mol. The maximum atomic E-state index is 10.9. The Hall–Kier alpha value is -1.85. The molecule has 2 aromatic rings. The molecule has 0 amide bonds. The molecule has 0 aliphatic heterocycles. The standard InChI is InChI=1S/C26H32N2O2.2ClH/c1-2-21(12-18-6-4-3-5-7-18)24-15-25(24)28-17-20-13-23(14-20)27-16-19-8-10-22(11-9-19)26(29)30;;/h3-12,20,23-25,27-28H,2,13-17H2,1H3,(H,29,30);2*1H/b21-12+;;. The molecule has 2 unspecified atom stereocenters. The topological polar surface area (TPSA) is 61.4 Å². The van der Waals surface area contributed by atoms with Gasteiger partial charge in [-0.3, -0.25) is 0 Å². The van der Waals surface area contributed by atoms with Crippen molar-refractivity contribution in [2.24, 2.45) is 11.8 Å². The van der Waals surface area contributed by atoms with Gasteiger partial charge in [0.15, 0.2) is 0 Å². The van der Waals surface area contributed by atoms with E-state index in [2.05, 4.69) is 54.0 Å². The lowest BCUT2D eigenvalue weighted by molar-refractivity contribution is 0.0697. The number of aromatic carboxylic acids is 1. The molecule has 2 aromatic carbocycles. The molecule has 174 valence electrons. The predicted octanol–water partition coefficient (Wildman–Crippen LogP) is 5.57. The van der Waals surface area contributed by atoms with Gasteiger partial charge in [-0.25, -0.2) is 4.79 Å². The third-order valence-corrected chi connectivity index (χ3v) is 6.53. The first-order valence-corrected chi connectivity index (χ1v) is 11.2. The summed E-state index contributed by atoms with van der Waals surface area (Å²) in [5.74, 6) is 0.600. The molecule has 2 fully saturated rings. The zero-order valence-electron chi connectivity index (χ0n) is 18.5. The van der Waals surface area contributed by atoms with Gasteiger partial charge in [0.25, 0.3) is 0 Å². The fourth-order valence-electron chi connectivity index (χ4n) is 4.48. The molecule has 2 aliphatic carbocycles. The van der Waals surface area contributed by atoms with Crippen molar-refractivity contribution < 1.29 is 9.90 Å². The van der Waals surface area contributed by atoms with Crippen LogP contribution in [0.3, 0.4) is 0 Å². The minimum atomic E-state index is -0.872. The molecule has 2 aliphatic rings. The van der Waals surface area contributed by atoms with Crippen LogP contribution in [0, 0.1) is 11.8 Å². The largest absolute Gasteiger partial charge is 0.478 e. The van der Waals surface area contributed by atoms with E-state index in [1.165, 1.54) is 24.8 Å². The summed E-state index contributed by atoms with van der Waals surface area (Å²) in [5.41, 5.74) is 4.36. The second kappa shape index (κ2) is 12.4. The van der Waals surface area contributed by atoms with Gasteiger partial charge in [-0.15, -0.1) is 24.8 Å². The molecule has 0 saturated heterocycles. The van der Waals surface area contributed by atoms with Crippen LogP contribution in [0.2, 0.25) is 0 Å². The average Bonchev–Trinajstić information content (AvgIpc) is 3.51. The number of carboxylic acid groups (broad SMARTS) is 1. The van der Waals surface area contributed by atoms with Crippen molar-refractivity contribution in [3.63, 3.8) is 0 Å². The average molecular weight is 477 g/mol. The van der Waals surface area contributed by atoms with E-state index in [9.17, 15) is 4.79 Å². The van der Waals surface area contributed by atoms with E-state index in [4.69, 9.17) is 5.11 Å². The Morgan fingerprint density at radius 3 is 2.31 bits per heavy atom. The lowest BCUT2D eigenvalue weighted by Gasteiger charge is -2.36. The van der Waals surface area contributed by atoms with Crippen molar-refractivity contribution in [3.05, 3.63) is 76.9 Å². The van der Waals surface area contributed by atoms with Gasteiger partial charge in [-0.2, -0.15) is 0 Å². The Labute approximate surface area is 203 Å². The first-order chi connectivity index (χ1) is 14.6. The normalized spacial score (nSPS) is 24.0. The summed E-state index contributed by atoms with van der Waals surface area (Å²) in [4.78, 5) is 10.9. The highest BCUT2D eigenvalue weighted by atomic mass is 35.5. The minimum absolute atomic E-state index is 0. The van der Waals surface area contributed by atoms with E-state index in [-0.39, 0.29) is 24.8 Å². The van der Waals surface area contributed by atoms with Crippen molar-refractivity contribution in [3.8, 4) is 0 Å². The lowest BCUT2D eigenvalue weighted by Crippen LogP contribution is -2.44. The van der Waals surface area contributed by atoms with Gasteiger partial charge < -0.3 is 15.7 Å². The summed E-state index contributed by atoms with van der Waals surface area (Å²) in [6.45, 7) is 4.19. The number of carbonyl (C=O) groups is 1. The molecule has 3 N–H and O–H groups in total. The maximum Gasteiger partial charge on any atom is 0.335 e. The summed E-state index contributed by atoms with van der Waals surface area (Å²) in [6.07, 6.45) is 7.21. The highest BCUT2D eigenvalue weighted by Gasteiger charge is 2.39. The van der Waals surface area contributed by atoms with Crippen LogP contribution in [0.25, 0.3) is 6.08 Å². The van der Waals surface area contributed by atoms with Gasteiger partial charge in [-0.05, 0) is 67.3 Å². The van der Waals surface area contributed by atoms with Crippen molar-refractivity contribution in [2.45, 2.75) is 51.2 Å². The number of halogens is 2. The van der Waals surface area contributed by atoms with Crippen LogP contribution in [0.15, 0.2) is 60.2 Å². The quantitative estimate of drug-likeness (QED) is 0.419. The van der Waals surface area contributed by atoms with Crippen LogP contribution >= 0.6 is 24.8 Å². The Balaban J connectivity index is 0.00000181. The molecule has 0 spiro atoms. The van der Waals surface area contributed by atoms with E-state index in [0.717, 1.165) is 31.0 Å². The molecular weight excluding hydrogens is 443 g/mol. The van der Waals surface area contributed by atoms with Gasteiger partial charge in [0.05, 0.1) is 5.56 Å². The highest BCUT2D eigenvalue weighted by Crippen LogP contribution is 2.40. The second-order valence-electron chi connectivity index (χ2n) is 8.76. The maximum absolute atomic E-state index is 10.9. The first kappa shape index (κ1) is 26.4. The first-order valence-electron chi connectivity index (χ1n) is 11.2. The van der Waals surface area contributed by atoms with Crippen molar-refractivity contribution >= 4 is 36.9 Å². The van der Waals surface area contributed by atoms with Gasteiger partial charge in [0.1, 0.15) is 0 Å². The Morgan fingerprint density at radius 2 is 1.69 bits per heavy atom. The van der Waals surface area contributed by atoms with E-state index >= 15 is 0 Å². The number of hydrogen-bond acceptors (Lipinski definition) is 3. The monoisotopic (exact) mass is 476 g/mol. The van der Waals surface area contributed by atoms with Crippen molar-refractivity contribution in [1.29, 1.82) is 0 Å². The molecule has 0 radical (unpaired) electrons. The Kier molecular flexibility index (Phi) is 10.2. The molecule has 2 saturated carbocycles.